The first-order valence-electron chi connectivity index (χ1n) is 7.36. The lowest BCUT2D eigenvalue weighted by molar-refractivity contribution is 0.409. The molecule has 5 heteroatoms. The fourth-order valence-electron chi connectivity index (χ4n) is 2.30. The molecule has 1 aliphatic carbocycles. The maximum absolute atomic E-state index is 6.18. The van der Waals surface area contributed by atoms with Crippen molar-refractivity contribution in [3.8, 4) is 0 Å². The summed E-state index contributed by atoms with van der Waals surface area (Å²) in [5.41, 5.74) is 3.21. The van der Waals surface area contributed by atoms with Crippen LogP contribution >= 0.6 is 23.8 Å². The van der Waals surface area contributed by atoms with E-state index in [0.29, 0.717) is 6.04 Å². The van der Waals surface area contributed by atoms with Crippen LogP contribution in [0.5, 0.6) is 0 Å². The SMILES string of the molecule is Cc1ccc(NC(=S)N(Cc2ccncc2)C2CC2)cc1Cl. The number of hydrogen-bond acceptors (Lipinski definition) is 2. The Labute approximate surface area is 141 Å². The van der Waals surface area contributed by atoms with Crippen LogP contribution in [0.25, 0.3) is 0 Å². The van der Waals surface area contributed by atoms with E-state index in [1.807, 2.05) is 49.6 Å². The van der Waals surface area contributed by atoms with Gasteiger partial charge in [-0.15, -0.1) is 0 Å². The van der Waals surface area contributed by atoms with Crippen LogP contribution in [-0.2, 0) is 6.54 Å². The summed E-state index contributed by atoms with van der Waals surface area (Å²) in [6.45, 7) is 2.79. The zero-order valence-corrected chi connectivity index (χ0v) is 14.0. The van der Waals surface area contributed by atoms with E-state index in [4.69, 9.17) is 23.8 Å². The molecule has 3 nitrogen and oxygen atoms in total. The lowest BCUT2D eigenvalue weighted by Crippen LogP contribution is -2.36. The molecular weight excluding hydrogens is 314 g/mol. The van der Waals surface area contributed by atoms with Crippen LogP contribution in [0.1, 0.15) is 24.0 Å². The number of aromatic nitrogens is 1. The summed E-state index contributed by atoms with van der Waals surface area (Å²) in [7, 11) is 0. The molecule has 1 aliphatic rings. The minimum absolute atomic E-state index is 0.536. The highest BCUT2D eigenvalue weighted by molar-refractivity contribution is 7.80. The minimum Gasteiger partial charge on any atom is -0.342 e. The van der Waals surface area contributed by atoms with Gasteiger partial charge in [-0.2, -0.15) is 0 Å². The summed E-state index contributed by atoms with van der Waals surface area (Å²) in [6, 6.07) is 10.5. The Morgan fingerprint density at radius 3 is 2.68 bits per heavy atom. The highest BCUT2D eigenvalue weighted by Crippen LogP contribution is 2.29. The van der Waals surface area contributed by atoms with Gasteiger partial charge in [0.1, 0.15) is 0 Å². The van der Waals surface area contributed by atoms with Gasteiger partial charge in [0.2, 0.25) is 0 Å². The lowest BCUT2D eigenvalue weighted by Gasteiger charge is -2.26. The number of thiocarbonyl (C=S) groups is 1. The standard InChI is InChI=1S/C17H18ClN3S/c1-12-2-3-14(10-16(12)18)20-17(22)21(15-4-5-15)11-13-6-8-19-9-7-13/h2-3,6-10,15H,4-5,11H2,1H3,(H,20,22). The summed E-state index contributed by atoms with van der Waals surface area (Å²) >= 11 is 11.8. The number of hydrogen-bond donors (Lipinski definition) is 1. The van der Waals surface area contributed by atoms with Crippen LogP contribution in [0.15, 0.2) is 42.7 Å². The first-order valence-corrected chi connectivity index (χ1v) is 8.15. The molecule has 0 bridgehead atoms. The van der Waals surface area contributed by atoms with Crippen LogP contribution in [-0.4, -0.2) is 21.0 Å². The average molecular weight is 332 g/mol. The van der Waals surface area contributed by atoms with Crippen molar-refractivity contribution in [3.63, 3.8) is 0 Å². The number of halogens is 1. The molecule has 1 aromatic carbocycles. The minimum atomic E-state index is 0.536. The molecule has 1 aromatic heterocycles. The molecule has 1 N–H and O–H groups in total. The maximum Gasteiger partial charge on any atom is 0.173 e. The molecule has 1 saturated carbocycles. The second kappa shape index (κ2) is 6.63. The fraction of sp³-hybridized carbons (Fsp3) is 0.294. The molecule has 0 unspecified atom stereocenters. The molecule has 0 radical (unpaired) electrons. The Hall–Kier alpha value is -1.65. The third kappa shape index (κ3) is 3.76. The van der Waals surface area contributed by atoms with E-state index < -0.39 is 0 Å². The Balaban J connectivity index is 1.71. The molecule has 0 saturated heterocycles. The molecule has 2 aromatic rings. The van der Waals surface area contributed by atoms with Gasteiger partial charge in [-0.3, -0.25) is 4.98 Å². The highest BCUT2D eigenvalue weighted by Gasteiger charge is 2.30. The van der Waals surface area contributed by atoms with E-state index in [-0.39, 0.29) is 0 Å². The van der Waals surface area contributed by atoms with Crippen molar-refractivity contribution in [2.24, 2.45) is 0 Å². The van der Waals surface area contributed by atoms with E-state index in [0.717, 1.165) is 27.9 Å². The molecule has 0 atom stereocenters. The first kappa shape index (κ1) is 15.3. The Morgan fingerprint density at radius 1 is 1.32 bits per heavy atom. The second-order valence-corrected chi connectivity index (χ2v) is 6.40. The van der Waals surface area contributed by atoms with E-state index >= 15 is 0 Å². The molecule has 0 amide bonds. The van der Waals surface area contributed by atoms with Crippen molar-refractivity contribution in [1.29, 1.82) is 0 Å². The Morgan fingerprint density at radius 2 is 2.05 bits per heavy atom. The van der Waals surface area contributed by atoms with Crippen LogP contribution in [0.2, 0.25) is 5.02 Å². The second-order valence-electron chi connectivity index (χ2n) is 5.61. The number of anilines is 1. The first-order chi connectivity index (χ1) is 10.6. The third-order valence-corrected chi connectivity index (χ3v) is 4.52. The number of benzene rings is 1. The van der Waals surface area contributed by atoms with Gasteiger partial charge in [0, 0.05) is 35.7 Å². The van der Waals surface area contributed by atoms with Gasteiger partial charge < -0.3 is 10.2 Å². The smallest absolute Gasteiger partial charge is 0.173 e. The zero-order valence-electron chi connectivity index (χ0n) is 12.4. The molecule has 114 valence electrons. The zero-order chi connectivity index (χ0) is 15.5. The molecule has 3 rings (SSSR count). The van der Waals surface area contributed by atoms with Crippen LogP contribution in [0.4, 0.5) is 5.69 Å². The predicted octanol–water partition coefficient (Wildman–Crippen LogP) is 4.40. The van der Waals surface area contributed by atoms with Crippen molar-refractivity contribution >= 4 is 34.6 Å². The van der Waals surface area contributed by atoms with Crippen molar-refractivity contribution in [2.75, 3.05) is 5.32 Å². The van der Waals surface area contributed by atoms with Crippen LogP contribution < -0.4 is 5.32 Å². The average Bonchev–Trinajstić information content (AvgIpc) is 3.34. The molecular formula is C17H18ClN3S. The monoisotopic (exact) mass is 331 g/mol. The van der Waals surface area contributed by atoms with Gasteiger partial charge in [0.25, 0.3) is 0 Å². The van der Waals surface area contributed by atoms with Gasteiger partial charge in [-0.25, -0.2) is 0 Å². The van der Waals surface area contributed by atoms with Gasteiger partial charge in [-0.05, 0) is 67.4 Å². The number of nitrogens with one attached hydrogen (secondary N) is 1. The third-order valence-electron chi connectivity index (χ3n) is 3.77. The molecule has 0 aliphatic heterocycles. The van der Waals surface area contributed by atoms with Crippen molar-refractivity contribution in [1.82, 2.24) is 9.88 Å². The molecule has 0 spiro atoms. The van der Waals surface area contributed by atoms with Gasteiger partial charge >= 0.3 is 0 Å². The predicted molar refractivity (Wildman–Crippen MR) is 95.2 cm³/mol. The highest BCUT2D eigenvalue weighted by atomic mass is 35.5. The maximum atomic E-state index is 6.18. The van der Waals surface area contributed by atoms with E-state index in [1.165, 1.54) is 18.4 Å². The Bertz CT molecular complexity index is 671. The summed E-state index contributed by atoms with van der Waals surface area (Å²) in [5.74, 6) is 0. The topological polar surface area (TPSA) is 28.2 Å². The quantitative estimate of drug-likeness (QED) is 0.840. The van der Waals surface area contributed by atoms with E-state index in [9.17, 15) is 0 Å². The van der Waals surface area contributed by atoms with Gasteiger partial charge in [-0.1, -0.05) is 17.7 Å². The number of rotatable bonds is 4. The number of pyridine rings is 1. The summed E-state index contributed by atoms with van der Waals surface area (Å²) < 4.78 is 0. The molecule has 1 heterocycles. The summed E-state index contributed by atoms with van der Waals surface area (Å²) in [4.78, 5) is 6.31. The summed E-state index contributed by atoms with van der Waals surface area (Å²) in [6.07, 6.45) is 6.02. The number of aryl methyl sites for hydroxylation is 1. The van der Waals surface area contributed by atoms with Crippen molar-refractivity contribution < 1.29 is 0 Å². The van der Waals surface area contributed by atoms with E-state index in [1.54, 1.807) is 0 Å². The fourth-order valence-corrected chi connectivity index (χ4v) is 2.82. The van der Waals surface area contributed by atoms with E-state index in [2.05, 4.69) is 15.2 Å². The normalized spacial score (nSPS) is 13.7. The van der Waals surface area contributed by atoms with Gasteiger partial charge in [0.05, 0.1) is 0 Å². The van der Waals surface area contributed by atoms with Crippen molar-refractivity contribution in [3.05, 3.63) is 58.9 Å². The van der Waals surface area contributed by atoms with Crippen LogP contribution in [0.3, 0.4) is 0 Å². The van der Waals surface area contributed by atoms with Gasteiger partial charge in [0.15, 0.2) is 5.11 Å². The largest absolute Gasteiger partial charge is 0.342 e. The van der Waals surface area contributed by atoms with Crippen molar-refractivity contribution in [2.45, 2.75) is 32.4 Å². The molecule has 22 heavy (non-hydrogen) atoms. The summed E-state index contributed by atoms with van der Waals surface area (Å²) in [5, 5.41) is 4.81. The number of nitrogens with zero attached hydrogens (tertiary/aromatic N) is 2. The van der Waals surface area contributed by atoms with Crippen LogP contribution in [0, 0.1) is 6.92 Å². The molecule has 1 fully saturated rings. The lowest BCUT2D eigenvalue weighted by atomic mass is 10.2. The Kier molecular flexibility index (Phi) is 4.60.